The molecule has 0 spiro atoms. The number of carbonyl (C=O) groups excluding carboxylic acids is 3. The third-order valence-corrected chi connectivity index (χ3v) is 5.11. The lowest BCUT2D eigenvalue weighted by atomic mass is 9.97. The van der Waals surface area contributed by atoms with Crippen LogP contribution in [0.4, 0.5) is 11.4 Å². The van der Waals surface area contributed by atoms with Gasteiger partial charge < -0.3 is 5.32 Å². The van der Waals surface area contributed by atoms with Crippen molar-refractivity contribution in [2.45, 2.75) is 58.0 Å². The molecule has 0 saturated carbocycles. The van der Waals surface area contributed by atoms with E-state index < -0.39 is 0 Å². The molecule has 1 aromatic carbocycles. The fourth-order valence-corrected chi connectivity index (χ4v) is 3.92. The Morgan fingerprint density at radius 3 is 2.56 bits per heavy atom. The first-order valence-electron chi connectivity index (χ1n) is 9.01. The van der Waals surface area contributed by atoms with Gasteiger partial charge in [-0.05, 0) is 50.1 Å². The van der Waals surface area contributed by atoms with E-state index in [1.54, 1.807) is 24.3 Å². The van der Waals surface area contributed by atoms with Crippen molar-refractivity contribution in [2.75, 3.05) is 16.8 Å². The predicted molar refractivity (Wildman–Crippen MR) is 96.3 cm³/mol. The first kappa shape index (κ1) is 17.6. The highest BCUT2D eigenvalue weighted by molar-refractivity contribution is 6.22. The van der Waals surface area contributed by atoms with E-state index in [1.807, 2.05) is 0 Å². The van der Waals surface area contributed by atoms with Gasteiger partial charge in [-0.1, -0.05) is 13.3 Å². The Morgan fingerprint density at radius 2 is 1.92 bits per heavy atom. The van der Waals surface area contributed by atoms with E-state index in [4.69, 9.17) is 0 Å². The second-order valence-electron chi connectivity index (χ2n) is 6.81. The van der Waals surface area contributed by atoms with Crippen LogP contribution in [-0.4, -0.2) is 41.2 Å². The number of carbonyl (C=O) groups is 3. The Morgan fingerprint density at radius 1 is 1.20 bits per heavy atom. The summed E-state index contributed by atoms with van der Waals surface area (Å²) in [6.07, 6.45) is 4.63. The Labute approximate surface area is 148 Å². The molecule has 6 nitrogen and oxygen atoms in total. The van der Waals surface area contributed by atoms with Crippen molar-refractivity contribution in [3.63, 3.8) is 0 Å². The van der Waals surface area contributed by atoms with Crippen LogP contribution in [0.1, 0.15) is 46.0 Å². The second-order valence-corrected chi connectivity index (χ2v) is 6.81. The van der Waals surface area contributed by atoms with Crippen LogP contribution in [0.3, 0.4) is 0 Å². The minimum atomic E-state index is -0.340. The van der Waals surface area contributed by atoms with Crippen molar-refractivity contribution in [1.82, 2.24) is 4.90 Å². The van der Waals surface area contributed by atoms with Gasteiger partial charge in [0.1, 0.15) is 0 Å². The van der Waals surface area contributed by atoms with Gasteiger partial charge in [0.05, 0.1) is 18.2 Å². The molecule has 1 aromatic rings. The number of piperidine rings is 1. The van der Waals surface area contributed by atoms with Gasteiger partial charge in [0, 0.05) is 18.7 Å². The normalized spacial score (nSPS) is 24.6. The molecule has 3 amide bonds. The number of anilines is 2. The summed E-state index contributed by atoms with van der Waals surface area (Å²) in [5, 5.41) is 2.68. The van der Waals surface area contributed by atoms with Crippen molar-refractivity contribution in [1.29, 1.82) is 0 Å². The van der Waals surface area contributed by atoms with E-state index in [1.165, 1.54) is 18.2 Å². The van der Waals surface area contributed by atoms with Crippen molar-refractivity contribution in [3.05, 3.63) is 24.3 Å². The maximum atomic E-state index is 12.9. The summed E-state index contributed by atoms with van der Waals surface area (Å²) in [5.74, 6) is -0.433. The van der Waals surface area contributed by atoms with Crippen LogP contribution in [0.15, 0.2) is 24.3 Å². The zero-order valence-electron chi connectivity index (χ0n) is 14.8. The van der Waals surface area contributed by atoms with Gasteiger partial charge in [0.2, 0.25) is 11.8 Å². The highest BCUT2D eigenvalue weighted by Crippen LogP contribution is 2.31. The molecule has 0 radical (unpaired) electrons. The molecule has 0 aliphatic carbocycles. The molecule has 0 unspecified atom stereocenters. The molecule has 6 heteroatoms. The molecule has 2 fully saturated rings. The average molecular weight is 343 g/mol. The Balaban J connectivity index is 1.78. The molecule has 0 bridgehead atoms. The molecule has 134 valence electrons. The summed E-state index contributed by atoms with van der Waals surface area (Å²) >= 11 is 0. The highest BCUT2D eigenvalue weighted by atomic mass is 16.2. The minimum Gasteiger partial charge on any atom is -0.326 e. The summed E-state index contributed by atoms with van der Waals surface area (Å²) in [6.45, 7) is 4.47. The smallest absolute Gasteiger partial charge is 0.251 e. The summed E-state index contributed by atoms with van der Waals surface area (Å²) in [5.41, 5.74) is 1.21. The van der Waals surface area contributed by atoms with Gasteiger partial charge in [-0.15, -0.1) is 0 Å². The van der Waals surface area contributed by atoms with Crippen LogP contribution in [-0.2, 0) is 14.4 Å². The van der Waals surface area contributed by atoms with Crippen LogP contribution < -0.4 is 10.2 Å². The summed E-state index contributed by atoms with van der Waals surface area (Å²) in [7, 11) is 0. The molecule has 2 heterocycles. The van der Waals surface area contributed by atoms with E-state index in [2.05, 4.69) is 17.1 Å². The fourth-order valence-electron chi connectivity index (χ4n) is 3.92. The van der Waals surface area contributed by atoms with E-state index in [0.29, 0.717) is 17.4 Å². The zero-order valence-corrected chi connectivity index (χ0v) is 14.8. The number of nitrogens with zero attached hydrogens (tertiary/aromatic N) is 2. The zero-order chi connectivity index (χ0) is 18.0. The topological polar surface area (TPSA) is 69.7 Å². The van der Waals surface area contributed by atoms with E-state index >= 15 is 0 Å². The van der Waals surface area contributed by atoms with Crippen molar-refractivity contribution < 1.29 is 14.4 Å². The maximum Gasteiger partial charge on any atom is 0.251 e. The van der Waals surface area contributed by atoms with Gasteiger partial charge in [0.15, 0.2) is 0 Å². The molecule has 25 heavy (non-hydrogen) atoms. The van der Waals surface area contributed by atoms with E-state index in [9.17, 15) is 14.4 Å². The first-order chi connectivity index (χ1) is 12.0. The van der Waals surface area contributed by atoms with E-state index in [0.717, 1.165) is 25.8 Å². The lowest BCUT2D eigenvalue weighted by Gasteiger charge is -2.38. The third-order valence-electron chi connectivity index (χ3n) is 5.11. The maximum absolute atomic E-state index is 12.9. The van der Waals surface area contributed by atoms with Crippen LogP contribution in [0.2, 0.25) is 0 Å². The molecule has 1 N–H and O–H groups in total. The molecule has 2 aliphatic rings. The fraction of sp³-hybridized carbons (Fsp3) is 0.526. The lowest BCUT2D eigenvalue weighted by Crippen LogP contribution is -2.49. The number of hydrogen-bond acceptors (Lipinski definition) is 4. The summed E-state index contributed by atoms with van der Waals surface area (Å²) in [4.78, 5) is 40.1. The Bertz CT molecular complexity index is 671. The Hall–Kier alpha value is -2.21. The first-order valence-corrected chi connectivity index (χ1v) is 9.01. The molecular formula is C19H25N3O3. The number of benzene rings is 1. The van der Waals surface area contributed by atoms with Crippen molar-refractivity contribution in [3.8, 4) is 0 Å². The molecule has 2 atom stereocenters. The third kappa shape index (κ3) is 3.58. The predicted octanol–water partition coefficient (Wildman–Crippen LogP) is 2.54. The van der Waals surface area contributed by atoms with E-state index in [-0.39, 0.29) is 30.2 Å². The quantitative estimate of drug-likeness (QED) is 0.853. The lowest BCUT2D eigenvalue weighted by molar-refractivity contribution is -0.123. The number of nitrogens with one attached hydrogen (secondary N) is 1. The number of imide groups is 1. The Kier molecular flexibility index (Phi) is 5.18. The van der Waals surface area contributed by atoms with Gasteiger partial charge in [0.25, 0.3) is 5.91 Å². The van der Waals surface area contributed by atoms with Crippen LogP contribution in [0.25, 0.3) is 0 Å². The SMILES string of the molecule is CC[C@H]1CCCCN1[C@@H]1CC(=O)N(c2ccc(NC(C)=O)cc2)C1=O. The minimum absolute atomic E-state index is 0.127. The highest BCUT2D eigenvalue weighted by Gasteiger charge is 2.44. The number of rotatable bonds is 4. The van der Waals surface area contributed by atoms with Gasteiger partial charge in [-0.25, -0.2) is 4.90 Å². The molecule has 0 aromatic heterocycles. The number of amides is 3. The molecular weight excluding hydrogens is 318 g/mol. The number of likely N-dealkylation sites (tertiary alicyclic amines) is 1. The molecule has 3 rings (SSSR count). The summed E-state index contributed by atoms with van der Waals surface area (Å²) in [6, 6.07) is 6.87. The largest absolute Gasteiger partial charge is 0.326 e. The summed E-state index contributed by atoms with van der Waals surface area (Å²) < 4.78 is 0. The van der Waals surface area contributed by atoms with Crippen LogP contribution >= 0.6 is 0 Å². The molecule has 2 aliphatic heterocycles. The van der Waals surface area contributed by atoms with Gasteiger partial charge in [-0.2, -0.15) is 0 Å². The van der Waals surface area contributed by atoms with Crippen molar-refractivity contribution in [2.24, 2.45) is 0 Å². The van der Waals surface area contributed by atoms with Crippen LogP contribution in [0, 0.1) is 0 Å². The van der Waals surface area contributed by atoms with Gasteiger partial charge in [-0.3, -0.25) is 19.3 Å². The number of hydrogen-bond donors (Lipinski definition) is 1. The second kappa shape index (κ2) is 7.35. The monoisotopic (exact) mass is 343 g/mol. The average Bonchev–Trinajstić information content (AvgIpc) is 2.89. The van der Waals surface area contributed by atoms with Crippen LogP contribution in [0.5, 0.6) is 0 Å². The standard InChI is InChI=1S/C19H25N3O3/c1-3-15-6-4-5-11-21(15)17-12-18(24)22(19(17)25)16-9-7-14(8-10-16)20-13(2)23/h7-10,15,17H,3-6,11-12H2,1-2H3,(H,20,23)/t15-,17+/m0/s1. The molecule has 2 saturated heterocycles. The van der Waals surface area contributed by atoms with Crippen molar-refractivity contribution >= 4 is 29.1 Å². The van der Waals surface area contributed by atoms with Gasteiger partial charge >= 0.3 is 0 Å².